The van der Waals surface area contributed by atoms with Crippen LogP contribution in [0.5, 0.6) is 0 Å². The van der Waals surface area contributed by atoms with E-state index in [1.54, 1.807) is 6.20 Å². The highest BCUT2D eigenvalue weighted by molar-refractivity contribution is 6.30. The number of aromatic nitrogens is 2. The fourth-order valence-electron chi connectivity index (χ4n) is 6.37. The van der Waals surface area contributed by atoms with Crippen molar-refractivity contribution >= 4 is 23.4 Å². The minimum atomic E-state index is 0.298. The largest absolute Gasteiger partial charge is 0.368 e. The van der Waals surface area contributed by atoms with E-state index >= 15 is 0 Å². The van der Waals surface area contributed by atoms with Crippen LogP contribution < -0.4 is 16.4 Å². The normalized spacial score (nSPS) is 30.7. The van der Waals surface area contributed by atoms with E-state index in [1.807, 2.05) is 24.3 Å². The van der Waals surface area contributed by atoms with E-state index < -0.39 is 0 Å². The molecule has 0 amide bonds. The molecule has 1 aromatic carbocycles. The molecule has 5 atom stereocenters. The molecular formula is C24H29ClN6. The summed E-state index contributed by atoms with van der Waals surface area (Å²) in [6.07, 6.45) is 8.74. The zero-order chi connectivity index (χ0) is 21.4. The Bertz CT molecular complexity index is 969. The first-order chi connectivity index (χ1) is 15.0. The average molecular weight is 437 g/mol. The second kappa shape index (κ2) is 8.29. The summed E-state index contributed by atoms with van der Waals surface area (Å²) in [7, 11) is 0. The van der Waals surface area contributed by atoms with Crippen LogP contribution in [0.2, 0.25) is 5.02 Å². The molecule has 4 aliphatic rings. The van der Waals surface area contributed by atoms with Crippen LogP contribution >= 0.6 is 11.6 Å². The topological polar surface area (TPSA) is 99.6 Å². The molecule has 4 unspecified atom stereocenters. The van der Waals surface area contributed by atoms with Crippen LogP contribution in [-0.2, 0) is 6.42 Å². The summed E-state index contributed by atoms with van der Waals surface area (Å²) < 4.78 is 0. The van der Waals surface area contributed by atoms with Gasteiger partial charge in [-0.3, -0.25) is 0 Å². The predicted molar refractivity (Wildman–Crippen MR) is 123 cm³/mol. The summed E-state index contributed by atoms with van der Waals surface area (Å²) in [5, 5.41) is 17.1. The van der Waals surface area contributed by atoms with Gasteiger partial charge in [0.15, 0.2) is 0 Å². The quantitative estimate of drug-likeness (QED) is 0.600. The molecule has 31 heavy (non-hydrogen) atoms. The van der Waals surface area contributed by atoms with E-state index in [1.165, 1.54) is 37.7 Å². The van der Waals surface area contributed by atoms with Gasteiger partial charge in [0.2, 0.25) is 5.95 Å². The molecule has 0 aliphatic heterocycles. The number of nitrogens with zero attached hydrogens (tertiary/aromatic N) is 3. The summed E-state index contributed by atoms with van der Waals surface area (Å²) in [6, 6.07) is 10.5. The second-order valence-corrected chi connectivity index (χ2v) is 10.2. The number of nitrogens with one attached hydrogen (secondary N) is 2. The lowest BCUT2D eigenvalue weighted by molar-refractivity contribution is -0.0591. The molecular weight excluding hydrogens is 408 g/mol. The Kier molecular flexibility index (Phi) is 5.49. The van der Waals surface area contributed by atoms with E-state index in [2.05, 4.69) is 26.7 Å². The molecule has 4 fully saturated rings. The predicted octanol–water partition coefficient (Wildman–Crippen LogP) is 4.22. The zero-order valence-corrected chi connectivity index (χ0v) is 18.4. The molecule has 4 bridgehead atoms. The number of rotatable bonds is 7. The molecule has 4 N–H and O–H groups in total. The third-order valence-corrected chi connectivity index (χ3v) is 7.87. The minimum absolute atomic E-state index is 0.298. The molecule has 1 aromatic heterocycles. The van der Waals surface area contributed by atoms with Gasteiger partial charge in [0.25, 0.3) is 0 Å². The van der Waals surface area contributed by atoms with E-state index in [4.69, 9.17) is 17.3 Å². The van der Waals surface area contributed by atoms with Crippen molar-refractivity contribution in [3.05, 3.63) is 46.6 Å². The van der Waals surface area contributed by atoms with Crippen LogP contribution in [0.25, 0.3) is 0 Å². The first-order valence-corrected chi connectivity index (χ1v) is 11.7. The maximum absolute atomic E-state index is 9.53. The van der Waals surface area contributed by atoms with Crippen LogP contribution in [0.1, 0.15) is 43.2 Å². The van der Waals surface area contributed by atoms with Crippen LogP contribution in [0, 0.1) is 34.5 Å². The molecule has 0 saturated heterocycles. The fraction of sp³-hybridized carbons (Fsp3) is 0.542. The number of nitriles is 1. The Morgan fingerprint density at radius 3 is 2.58 bits per heavy atom. The maximum Gasteiger partial charge on any atom is 0.224 e. The van der Waals surface area contributed by atoms with Crippen LogP contribution in [0.4, 0.5) is 11.8 Å². The minimum Gasteiger partial charge on any atom is -0.368 e. The van der Waals surface area contributed by atoms with Gasteiger partial charge in [0, 0.05) is 24.2 Å². The van der Waals surface area contributed by atoms with Crippen molar-refractivity contribution in [2.45, 2.75) is 44.6 Å². The summed E-state index contributed by atoms with van der Waals surface area (Å²) in [6.45, 7) is 1.57. The van der Waals surface area contributed by atoms with Gasteiger partial charge in [-0.1, -0.05) is 23.7 Å². The third kappa shape index (κ3) is 4.22. The number of halogens is 1. The average Bonchev–Trinajstić information content (AvgIpc) is 2.77. The molecule has 4 saturated carbocycles. The summed E-state index contributed by atoms with van der Waals surface area (Å²) in [5.41, 5.74) is 8.48. The van der Waals surface area contributed by atoms with E-state index in [0.717, 1.165) is 23.9 Å². The third-order valence-electron chi connectivity index (χ3n) is 7.62. The second-order valence-electron chi connectivity index (χ2n) is 9.77. The Hall–Kier alpha value is -2.36. The number of benzene rings is 1. The van der Waals surface area contributed by atoms with E-state index in [-0.39, 0.29) is 0 Å². The van der Waals surface area contributed by atoms with Gasteiger partial charge >= 0.3 is 0 Å². The lowest BCUT2D eigenvalue weighted by Gasteiger charge is -2.59. The van der Waals surface area contributed by atoms with Crippen LogP contribution in [0.3, 0.4) is 0 Å². The molecule has 4 aliphatic carbocycles. The summed E-state index contributed by atoms with van der Waals surface area (Å²) >= 11 is 5.95. The van der Waals surface area contributed by atoms with Gasteiger partial charge in [-0.2, -0.15) is 10.2 Å². The Labute approximate surface area is 188 Å². The molecule has 162 valence electrons. The van der Waals surface area contributed by atoms with Gasteiger partial charge in [0.1, 0.15) is 17.5 Å². The SMILES string of the molecule is N#Cc1cnc(NCCc2ccc(Cl)cc2)nc1NCC12CC3CC(C1)C(N)[C@H](C3)C2. The maximum atomic E-state index is 9.53. The Morgan fingerprint density at radius 2 is 1.87 bits per heavy atom. The van der Waals surface area contributed by atoms with Crippen LogP contribution in [-0.4, -0.2) is 29.1 Å². The highest BCUT2D eigenvalue weighted by Gasteiger charge is 2.54. The van der Waals surface area contributed by atoms with Gasteiger partial charge in [-0.15, -0.1) is 0 Å². The number of hydrogen-bond donors (Lipinski definition) is 3. The van der Waals surface area contributed by atoms with Crippen molar-refractivity contribution in [3.8, 4) is 6.07 Å². The fourth-order valence-corrected chi connectivity index (χ4v) is 6.50. The van der Waals surface area contributed by atoms with Crippen molar-refractivity contribution in [1.29, 1.82) is 5.26 Å². The molecule has 6 rings (SSSR count). The molecule has 1 heterocycles. The number of nitrogens with two attached hydrogens (primary N) is 1. The van der Waals surface area contributed by atoms with Crippen LogP contribution in [0.15, 0.2) is 30.5 Å². The van der Waals surface area contributed by atoms with Crippen molar-refractivity contribution in [3.63, 3.8) is 0 Å². The summed E-state index contributed by atoms with van der Waals surface area (Å²) in [5.74, 6) is 3.33. The highest BCUT2D eigenvalue weighted by Crippen LogP contribution is 2.59. The summed E-state index contributed by atoms with van der Waals surface area (Å²) in [4.78, 5) is 8.94. The van der Waals surface area contributed by atoms with E-state index in [0.29, 0.717) is 47.2 Å². The lowest BCUT2D eigenvalue weighted by Crippen LogP contribution is -2.58. The first kappa shape index (κ1) is 20.5. The van der Waals surface area contributed by atoms with Gasteiger partial charge < -0.3 is 16.4 Å². The molecule has 2 aromatic rings. The van der Waals surface area contributed by atoms with Gasteiger partial charge in [-0.25, -0.2) is 4.98 Å². The zero-order valence-electron chi connectivity index (χ0n) is 17.6. The van der Waals surface area contributed by atoms with Crippen molar-refractivity contribution < 1.29 is 0 Å². The highest BCUT2D eigenvalue weighted by atomic mass is 35.5. The Balaban J connectivity index is 1.23. The van der Waals surface area contributed by atoms with Crippen molar-refractivity contribution in [2.75, 3.05) is 23.7 Å². The first-order valence-electron chi connectivity index (χ1n) is 11.3. The van der Waals surface area contributed by atoms with Crippen molar-refractivity contribution in [2.24, 2.45) is 28.9 Å². The molecule has 0 radical (unpaired) electrons. The van der Waals surface area contributed by atoms with Crippen molar-refractivity contribution in [1.82, 2.24) is 9.97 Å². The Morgan fingerprint density at radius 1 is 1.13 bits per heavy atom. The van der Waals surface area contributed by atoms with E-state index in [9.17, 15) is 5.26 Å². The molecule has 6 nitrogen and oxygen atoms in total. The number of hydrogen-bond acceptors (Lipinski definition) is 6. The standard InChI is InChI=1S/C24H29ClN6/c25-20-3-1-15(2-4-20)5-6-28-23-29-13-19(12-26)22(31-23)30-14-24-9-16-7-17(10-24)21(27)18(8-16)11-24/h1-4,13,16-18,21H,5-11,14,27H2,(H2,28,29,30,31)/t16?,17-,18?,21?,24?/m1/s1. The molecule has 0 spiro atoms. The van der Waals surface area contributed by atoms with Gasteiger partial charge in [-0.05, 0) is 79.4 Å². The molecule has 7 heteroatoms. The lowest BCUT2D eigenvalue weighted by atomic mass is 9.48. The monoisotopic (exact) mass is 436 g/mol. The van der Waals surface area contributed by atoms with Gasteiger partial charge in [0.05, 0.1) is 6.20 Å². The number of anilines is 2. The smallest absolute Gasteiger partial charge is 0.224 e.